The summed E-state index contributed by atoms with van der Waals surface area (Å²) in [6.07, 6.45) is 4.41. The van der Waals surface area contributed by atoms with Crippen molar-refractivity contribution in [1.29, 1.82) is 5.26 Å². The van der Waals surface area contributed by atoms with E-state index in [1.54, 1.807) is 0 Å². The predicted molar refractivity (Wildman–Crippen MR) is 71.8 cm³/mol. The van der Waals surface area contributed by atoms with Crippen LogP contribution in [-0.2, 0) is 5.41 Å². The van der Waals surface area contributed by atoms with Crippen LogP contribution in [0.4, 0.5) is 0 Å². The molecule has 0 radical (unpaired) electrons. The molecule has 1 aliphatic heterocycles. The number of benzene rings is 1. The molecule has 2 aliphatic rings. The first kappa shape index (κ1) is 12.5. The van der Waals surface area contributed by atoms with Crippen molar-refractivity contribution in [2.24, 2.45) is 5.92 Å². The van der Waals surface area contributed by atoms with Crippen molar-refractivity contribution >= 4 is 0 Å². The number of para-hydroxylation sites is 1. The van der Waals surface area contributed by atoms with E-state index in [1.165, 1.54) is 12.8 Å². The van der Waals surface area contributed by atoms with Gasteiger partial charge < -0.3 is 9.84 Å². The van der Waals surface area contributed by atoms with Crippen LogP contribution in [0.1, 0.15) is 37.7 Å². The Morgan fingerprint density at radius 3 is 2.79 bits per heavy atom. The molecule has 1 aromatic carbocycles. The lowest BCUT2D eigenvalue weighted by Gasteiger charge is -2.39. The molecule has 1 fully saturated rings. The van der Waals surface area contributed by atoms with Gasteiger partial charge in [0.25, 0.3) is 0 Å². The molecule has 2 unspecified atom stereocenters. The van der Waals surface area contributed by atoms with Crippen molar-refractivity contribution in [2.45, 2.75) is 43.6 Å². The first-order valence-electron chi connectivity index (χ1n) is 7.09. The molecule has 1 aromatic rings. The van der Waals surface area contributed by atoms with Crippen LogP contribution in [0.15, 0.2) is 24.3 Å². The smallest absolute Gasteiger partial charge is 0.124 e. The Labute approximate surface area is 113 Å². The molecule has 100 valence electrons. The van der Waals surface area contributed by atoms with E-state index in [1.807, 2.05) is 24.3 Å². The Balaban J connectivity index is 2.02. The molecule has 2 atom stereocenters. The van der Waals surface area contributed by atoms with Crippen molar-refractivity contribution in [1.82, 2.24) is 0 Å². The maximum absolute atomic E-state index is 10.8. The standard InChI is InChI=1S/C16H19NO2/c17-11-16(15(18)12-5-1-2-6-12)9-10-19-14-8-4-3-7-13(14)16/h3-4,7-8,12,15,18H,1-2,5-6,9-10H2. The van der Waals surface area contributed by atoms with Crippen LogP contribution in [0.3, 0.4) is 0 Å². The monoisotopic (exact) mass is 257 g/mol. The molecule has 3 nitrogen and oxygen atoms in total. The van der Waals surface area contributed by atoms with E-state index in [0.29, 0.717) is 13.0 Å². The minimum absolute atomic E-state index is 0.255. The van der Waals surface area contributed by atoms with Crippen LogP contribution in [0.5, 0.6) is 5.75 Å². The topological polar surface area (TPSA) is 53.2 Å². The summed E-state index contributed by atoms with van der Waals surface area (Å²) in [5.74, 6) is 1.01. The molecule has 3 heteroatoms. The summed E-state index contributed by atoms with van der Waals surface area (Å²) in [6.45, 7) is 0.508. The van der Waals surface area contributed by atoms with E-state index in [4.69, 9.17) is 4.74 Å². The van der Waals surface area contributed by atoms with Gasteiger partial charge in [0.15, 0.2) is 0 Å². The van der Waals surface area contributed by atoms with Crippen molar-refractivity contribution in [3.8, 4) is 11.8 Å². The van der Waals surface area contributed by atoms with Gasteiger partial charge in [-0.25, -0.2) is 0 Å². The molecule has 0 bridgehead atoms. The van der Waals surface area contributed by atoms with Crippen LogP contribution in [-0.4, -0.2) is 17.8 Å². The van der Waals surface area contributed by atoms with E-state index in [0.717, 1.165) is 24.2 Å². The second-order valence-corrected chi connectivity index (χ2v) is 5.67. The highest BCUT2D eigenvalue weighted by atomic mass is 16.5. The normalized spacial score (nSPS) is 28.2. The Hall–Kier alpha value is -1.53. The number of hydrogen-bond acceptors (Lipinski definition) is 3. The molecule has 1 heterocycles. The first-order chi connectivity index (χ1) is 9.28. The first-order valence-corrected chi connectivity index (χ1v) is 7.09. The van der Waals surface area contributed by atoms with Crippen LogP contribution >= 0.6 is 0 Å². The minimum atomic E-state index is -0.788. The van der Waals surface area contributed by atoms with E-state index in [2.05, 4.69) is 6.07 Å². The average molecular weight is 257 g/mol. The van der Waals surface area contributed by atoms with Crippen LogP contribution in [0, 0.1) is 17.2 Å². The summed E-state index contributed by atoms with van der Waals surface area (Å²) >= 11 is 0. The number of hydrogen-bond donors (Lipinski definition) is 1. The lowest BCUT2D eigenvalue weighted by atomic mass is 9.69. The number of ether oxygens (including phenoxy) is 1. The van der Waals surface area contributed by atoms with Crippen molar-refractivity contribution in [3.05, 3.63) is 29.8 Å². The molecule has 0 spiro atoms. The van der Waals surface area contributed by atoms with Crippen LogP contribution in [0.25, 0.3) is 0 Å². The SMILES string of the molecule is N#CC1(C(O)C2CCCC2)CCOc2ccccc21. The molecule has 1 N–H and O–H groups in total. The summed E-state index contributed by atoms with van der Waals surface area (Å²) in [5, 5.41) is 20.5. The zero-order valence-corrected chi connectivity index (χ0v) is 11.0. The fourth-order valence-electron chi connectivity index (χ4n) is 3.58. The van der Waals surface area contributed by atoms with Crippen molar-refractivity contribution in [3.63, 3.8) is 0 Å². The third kappa shape index (κ3) is 1.91. The Morgan fingerprint density at radius 1 is 1.32 bits per heavy atom. The van der Waals surface area contributed by atoms with Gasteiger partial charge in [-0.1, -0.05) is 31.0 Å². The maximum Gasteiger partial charge on any atom is 0.124 e. The summed E-state index contributed by atoms with van der Waals surface area (Å²) in [4.78, 5) is 0. The van der Waals surface area contributed by atoms with E-state index < -0.39 is 11.5 Å². The highest BCUT2D eigenvalue weighted by Gasteiger charge is 2.47. The summed E-state index contributed by atoms with van der Waals surface area (Å²) < 4.78 is 5.63. The molecule has 19 heavy (non-hydrogen) atoms. The minimum Gasteiger partial charge on any atom is -0.493 e. The van der Waals surface area contributed by atoms with Gasteiger partial charge in [-0.2, -0.15) is 5.26 Å². The number of nitriles is 1. The summed E-state index contributed by atoms with van der Waals surface area (Å²) in [7, 11) is 0. The number of fused-ring (bicyclic) bond motifs is 1. The fraction of sp³-hybridized carbons (Fsp3) is 0.562. The molecular formula is C16H19NO2. The van der Waals surface area contributed by atoms with Gasteiger partial charge in [-0.15, -0.1) is 0 Å². The van der Waals surface area contributed by atoms with E-state index in [-0.39, 0.29) is 5.92 Å². The summed E-state index contributed by atoms with van der Waals surface area (Å²) in [5.41, 5.74) is 0.0762. The molecule has 0 saturated heterocycles. The zero-order valence-electron chi connectivity index (χ0n) is 11.0. The Kier molecular flexibility index (Phi) is 3.20. The fourth-order valence-corrected chi connectivity index (χ4v) is 3.58. The average Bonchev–Trinajstić information content (AvgIpc) is 3.00. The zero-order chi connectivity index (χ0) is 13.3. The molecular weight excluding hydrogens is 238 g/mol. The lowest BCUT2D eigenvalue weighted by molar-refractivity contribution is 0.0346. The van der Waals surface area contributed by atoms with Gasteiger partial charge in [-0.05, 0) is 24.8 Å². The van der Waals surface area contributed by atoms with E-state index in [9.17, 15) is 10.4 Å². The van der Waals surface area contributed by atoms with Gasteiger partial charge in [0.2, 0.25) is 0 Å². The van der Waals surface area contributed by atoms with Crippen molar-refractivity contribution < 1.29 is 9.84 Å². The predicted octanol–water partition coefficient (Wildman–Crippen LogP) is 2.78. The second-order valence-electron chi connectivity index (χ2n) is 5.67. The third-order valence-corrected chi connectivity index (χ3v) is 4.67. The van der Waals surface area contributed by atoms with Crippen molar-refractivity contribution in [2.75, 3.05) is 6.61 Å². The van der Waals surface area contributed by atoms with Gasteiger partial charge in [0.1, 0.15) is 11.2 Å². The third-order valence-electron chi connectivity index (χ3n) is 4.67. The highest BCUT2D eigenvalue weighted by Crippen LogP contribution is 2.45. The lowest BCUT2D eigenvalue weighted by Crippen LogP contribution is -2.45. The van der Waals surface area contributed by atoms with Gasteiger partial charge in [0, 0.05) is 12.0 Å². The molecule has 0 aromatic heterocycles. The second kappa shape index (κ2) is 4.86. The maximum atomic E-state index is 10.8. The summed E-state index contributed by atoms with van der Waals surface area (Å²) in [6, 6.07) is 10.1. The number of aliphatic hydroxyl groups excluding tert-OH is 1. The number of rotatable bonds is 2. The molecule has 0 amide bonds. The number of nitrogens with zero attached hydrogens (tertiary/aromatic N) is 1. The number of aliphatic hydroxyl groups is 1. The quantitative estimate of drug-likeness (QED) is 0.886. The van der Waals surface area contributed by atoms with Gasteiger partial charge >= 0.3 is 0 Å². The Bertz CT molecular complexity index is 502. The van der Waals surface area contributed by atoms with Gasteiger partial charge in [0.05, 0.1) is 18.8 Å². The highest BCUT2D eigenvalue weighted by molar-refractivity contribution is 5.46. The largest absolute Gasteiger partial charge is 0.493 e. The van der Waals surface area contributed by atoms with E-state index >= 15 is 0 Å². The van der Waals surface area contributed by atoms with Gasteiger partial charge in [-0.3, -0.25) is 0 Å². The molecule has 1 saturated carbocycles. The van der Waals surface area contributed by atoms with Crippen LogP contribution < -0.4 is 4.74 Å². The molecule has 1 aliphatic carbocycles. The molecule has 3 rings (SSSR count). The Morgan fingerprint density at radius 2 is 2.05 bits per heavy atom. The van der Waals surface area contributed by atoms with Crippen LogP contribution in [0.2, 0.25) is 0 Å².